The van der Waals surface area contributed by atoms with E-state index < -0.39 is 12.0 Å². The Hall–Kier alpha value is -3.41. The highest BCUT2D eigenvalue weighted by atomic mass is 16.5. The molecule has 0 aliphatic rings. The van der Waals surface area contributed by atoms with Crippen LogP contribution in [0.25, 0.3) is 10.8 Å². The zero-order valence-electron chi connectivity index (χ0n) is 15.8. The number of pyridine rings is 1. The molecule has 1 amide bonds. The normalized spacial score (nSPS) is 11.6. The van der Waals surface area contributed by atoms with Gasteiger partial charge in [-0.3, -0.25) is 4.79 Å². The number of fused-ring (bicyclic) bond motifs is 1. The summed E-state index contributed by atoms with van der Waals surface area (Å²) >= 11 is 0. The fourth-order valence-electron chi connectivity index (χ4n) is 3.10. The molecule has 1 heterocycles. The summed E-state index contributed by atoms with van der Waals surface area (Å²) in [4.78, 5) is 28.9. The van der Waals surface area contributed by atoms with E-state index in [2.05, 4.69) is 10.3 Å². The molecule has 0 aliphatic carbocycles. The number of carbonyl (C=O) groups excluding carboxylic acids is 2. The molecule has 0 unspecified atom stereocenters. The predicted molar refractivity (Wildman–Crippen MR) is 106 cm³/mol. The van der Waals surface area contributed by atoms with Gasteiger partial charge in [0, 0.05) is 18.2 Å². The SMILES string of the molecule is COC(=O)[C@H](Cc1cccnc1OC)NC(=O)Cc1ccc2ccccc2c1. The minimum absolute atomic E-state index is 0.169. The topological polar surface area (TPSA) is 77.5 Å². The second-order valence-electron chi connectivity index (χ2n) is 6.38. The van der Waals surface area contributed by atoms with E-state index in [4.69, 9.17) is 9.47 Å². The second-order valence-corrected chi connectivity index (χ2v) is 6.38. The number of carbonyl (C=O) groups is 2. The van der Waals surface area contributed by atoms with Crippen LogP contribution in [0.4, 0.5) is 0 Å². The van der Waals surface area contributed by atoms with Crippen LogP contribution < -0.4 is 10.1 Å². The highest BCUT2D eigenvalue weighted by Gasteiger charge is 2.23. The van der Waals surface area contributed by atoms with Crippen LogP contribution in [0.15, 0.2) is 60.8 Å². The van der Waals surface area contributed by atoms with Crippen LogP contribution in [-0.2, 0) is 27.2 Å². The molecule has 6 nitrogen and oxygen atoms in total. The number of nitrogens with zero attached hydrogens (tertiary/aromatic N) is 1. The summed E-state index contributed by atoms with van der Waals surface area (Å²) in [5, 5.41) is 4.95. The molecule has 0 saturated heterocycles. The minimum atomic E-state index is -0.823. The summed E-state index contributed by atoms with van der Waals surface area (Å²) in [5.74, 6) is -0.355. The number of benzene rings is 2. The third kappa shape index (κ3) is 4.65. The maximum Gasteiger partial charge on any atom is 0.328 e. The quantitative estimate of drug-likeness (QED) is 0.640. The maximum atomic E-state index is 12.6. The van der Waals surface area contributed by atoms with Crippen LogP contribution in [0, 0.1) is 0 Å². The third-order valence-corrected chi connectivity index (χ3v) is 4.47. The fraction of sp³-hybridized carbons (Fsp3) is 0.227. The molecule has 28 heavy (non-hydrogen) atoms. The average Bonchev–Trinajstić information content (AvgIpc) is 2.73. The minimum Gasteiger partial charge on any atom is -0.481 e. The molecular formula is C22H22N2O4. The number of hydrogen-bond acceptors (Lipinski definition) is 5. The first-order valence-electron chi connectivity index (χ1n) is 8.93. The van der Waals surface area contributed by atoms with Gasteiger partial charge in [0.1, 0.15) is 6.04 Å². The standard InChI is InChI=1S/C22H22N2O4/c1-27-21-18(8-5-11-23-21)14-19(22(26)28-2)24-20(25)13-15-9-10-16-6-3-4-7-17(16)12-15/h3-12,19H,13-14H2,1-2H3,(H,24,25)/t19-/m0/s1. The van der Waals surface area contributed by atoms with E-state index in [1.165, 1.54) is 14.2 Å². The lowest BCUT2D eigenvalue weighted by Gasteiger charge is -2.17. The van der Waals surface area contributed by atoms with Gasteiger partial charge in [-0.15, -0.1) is 0 Å². The van der Waals surface area contributed by atoms with Crippen LogP contribution >= 0.6 is 0 Å². The van der Waals surface area contributed by atoms with E-state index in [1.807, 2.05) is 42.5 Å². The van der Waals surface area contributed by atoms with Crippen LogP contribution in [0.5, 0.6) is 5.88 Å². The van der Waals surface area contributed by atoms with Crippen molar-refractivity contribution < 1.29 is 19.1 Å². The van der Waals surface area contributed by atoms with Gasteiger partial charge in [-0.1, -0.05) is 48.5 Å². The molecular weight excluding hydrogens is 356 g/mol. The van der Waals surface area contributed by atoms with Crippen molar-refractivity contribution in [2.24, 2.45) is 0 Å². The van der Waals surface area contributed by atoms with Gasteiger partial charge >= 0.3 is 5.97 Å². The Balaban J connectivity index is 1.72. The van der Waals surface area contributed by atoms with E-state index >= 15 is 0 Å². The second kappa shape index (κ2) is 8.99. The molecule has 1 atom stereocenters. The van der Waals surface area contributed by atoms with Gasteiger partial charge in [-0.25, -0.2) is 9.78 Å². The van der Waals surface area contributed by atoms with Crippen molar-refractivity contribution in [3.8, 4) is 5.88 Å². The van der Waals surface area contributed by atoms with E-state index in [9.17, 15) is 9.59 Å². The summed E-state index contributed by atoms with van der Waals surface area (Å²) in [7, 11) is 2.81. The molecule has 1 aromatic heterocycles. The maximum absolute atomic E-state index is 12.6. The van der Waals surface area contributed by atoms with Gasteiger partial charge in [-0.2, -0.15) is 0 Å². The first-order valence-corrected chi connectivity index (χ1v) is 8.93. The lowest BCUT2D eigenvalue weighted by molar-refractivity contribution is -0.145. The Morgan fingerprint density at radius 2 is 1.82 bits per heavy atom. The lowest BCUT2D eigenvalue weighted by atomic mass is 10.0. The van der Waals surface area contributed by atoms with Crippen LogP contribution in [-0.4, -0.2) is 37.1 Å². The lowest BCUT2D eigenvalue weighted by Crippen LogP contribution is -2.43. The number of amides is 1. The highest BCUT2D eigenvalue weighted by molar-refractivity contribution is 5.88. The van der Waals surface area contributed by atoms with Crippen molar-refractivity contribution in [3.05, 3.63) is 71.9 Å². The van der Waals surface area contributed by atoms with E-state index in [0.29, 0.717) is 11.4 Å². The summed E-state index contributed by atoms with van der Waals surface area (Å²) in [6.45, 7) is 0. The number of ether oxygens (including phenoxy) is 2. The molecule has 144 valence electrons. The summed E-state index contributed by atoms with van der Waals surface area (Å²) in [5.41, 5.74) is 1.59. The number of esters is 1. The van der Waals surface area contributed by atoms with Gasteiger partial charge < -0.3 is 14.8 Å². The van der Waals surface area contributed by atoms with Crippen molar-refractivity contribution in [2.45, 2.75) is 18.9 Å². The summed E-state index contributed by atoms with van der Waals surface area (Å²) in [6, 6.07) is 16.6. The number of hydrogen-bond donors (Lipinski definition) is 1. The Morgan fingerprint density at radius 1 is 1.04 bits per heavy atom. The smallest absolute Gasteiger partial charge is 0.328 e. The predicted octanol–water partition coefficient (Wildman–Crippen LogP) is 2.69. The first kappa shape index (κ1) is 19.4. The van der Waals surface area contributed by atoms with Crippen LogP contribution in [0.1, 0.15) is 11.1 Å². The Kier molecular flexibility index (Phi) is 6.22. The molecule has 1 N–H and O–H groups in total. The first-order chi connectivity index (χ1) is 13.6. The van der Waals surface area contributed by atoms with Gasteiger partial charge in [0.2, 0.25) is 11.8 Å². The molecule has 0 spiro atoms. The zero-order chi connectivity index (χ0) is 19.9. The molecule has 0 fully saturated rings. The molecule has 0 radical (unpaired) electrons. The monoisotopic (exact) mass is 378 g/mol. The van der Waals surface area contributed by atoms with Crippen molar-refractivity contribution in [2.75, 3.05) is 14.2 Å². The Labute approximate surface area is 163 Å². The Bertz CT molecular complexity index is 987. The van der Waals surface area contributed by atoms with Gasteiger partial charge in [0.25, 0.3) is 0 Å². The zero-order valence-corrected chi connectivity index (χ0v) is 15.8. The number of aromatic nitrogens is 1. The fourth-order valence-corrected chi connectivity index (χ4v) is 3.10. The molecule has 3 aromatic rings. The van der Waals surface area contributed by atoms with Crippen LogP contribution in [0.2, 0.25) is 0 Å². The van der Waals surface area contributed by atoms with Gasteiger partial charge in [0.15, 0.2) is 0 Å². The number of rotatable bonds is 7. The molecule has 3 rings (SSSR count). The number of nitrogens with one attached hydrogen (secondary N) is 1. The summed E-state index contributed by atoms with van der Waals surface area (Å²) < 4.78 is 10.1. The Morgan fingerprint density at radius 3 is 2.57 bits per heavy atom. The van der Waals surface area contributed by atoms with Crippen molar-refractivity contribution in [3.63, 3.8) is 0 Å². The van der Waals surface area contributed by atoms with E-state index in [1.54, 1.807) is 18.3 Å². The molecule has 2 aromatic carbocycles. The van der Waals surface area contributed by atoms with E-state index in [0.717, 1.165) is 16.3 Å². The van der Waals surface area contributed by atoms with Crippen molar-refractivity contribution >= 4 is 22.6 Å². The molecule has 0 saturated carbocycles. The van der Waals surface area contributed by atoms with Crippen molar-refractivity contribution in [1.82, 2.24) is 10.3 Å². The van der Waals surface area contributed by atoms with Gasteiger partial charge in [0.05, 0.1) is 20.6 Å². The summed E-state index contributed by atoms with van der Waals surface area (Å²) in [6.07, 6.45) is 2.00. The largest absolute Gasteiger partial charge is 0.481 e. The van der Waals surface area contributed by atoms with Crippen molar-refractivity contribution in [1.29, 1.82) is 0 Å². The highest BCUT2D eigenvalue weighted by Crippen LogP contribution is 2.18. The van der Waals surface area contributed by atoms with Gasteiger partial charge in [-0.05, 0) is 22.4 Å². The average molecular weight is 378 g/mol. The number of methoxy groups -OCH3 is 2. The van der Waals surface area contributed by atoms with E-state index in [-0.39, 0.29) is 18.7 Å². The molecule has 0 bridgehead atoms. The third-order valence-electron chi connectivity index (χ3n) is 4.47. The molecule has 0 aliphatic heterocycles. The molecule has 6 heteroatoms. The van der Waals surface area contributed by atoms with Crippen LogP contribution in [0.3, 0.4) is 0 Å².